The molecule has 142 valence electrons. The standard InChI is InChI=1S/C23H27N3.ClH/c1-16-17(2)26(14-18-6-5-7-18)22-21(16)10-12-24-23(22)25-13-11-19-8-3-4-9-20(19)15-25;/h3-4,8-10,12,18H,5-7,11,13-15H2,1-2H3;1H. The van der Waals surface area contributed by atoms with Gasteiger partial charge in [-0.2, -0.15) is 0 Å². The zero-order chi connectivity index (χ0) is 17.7. The van der Waals surface area contributed by atoms with Gasteiger partial charge in [0.1, 0.15) is 0 Å². The van der Waals surface area contributed by atoms with Gasteiger partial charge < -0.3 is 9.47 Å². The minimum Gasteiger partial charge on any atom is -0.350 e. The molecule has 27 heavy (non-hydrogen) atoms. The summed E-state index contributed by atoms with van der Waals surface area (Å²) >= 11 is 0. The van der Waals surface area contributed by atoms with Gasteiger partial charge in [0.2, 0.25) is 0 Å². The highest BCUT2D eigenvalue weighted by Gasteiger charge is 2.25. The van der Waals surface area contributed by atoms with Crippen LogP contribution >= 0.6 is 12.4 Å². The van der Waals surface area contributed by atoms with Crippen molar-refractivity contribution in [1.82, 2.24) is 9.55 Å². The molecule has 0 atom stereocenters. The highest BCUT2D eigenvalue weighted by Crippen LogP contribution is 2.36. The smallest absolute Gasteiger partial charge is 0.153 e. The summed E-state index contributed by atoms with van der Waals surface area (Å²) in [5.74, 6) is 2.02. The maximum Gasteiger partial charge on any atom is 0.153 e. The topological polar surface area (TPSA) is 21.1 Å². The number of aromatic nitrogens is 2. The highest BCUT2D eigenvalue weighted by atomic mass is 35.5. The first-order chi connectivity index (χ1) is 12.7. The molecular weight excluding hydrogens is 354 g/mol. The third-order valence-electron chi connectivity index (χ3n) is 6.62. The number of nitrogens with zero attached hydrogens (tertiary/aromatic N) is 3. The minimum absolute atomic E-state index is 0. The van der Waals surface area contributed by atoms with Gasteiger partial charge in [0, 0.05) is 36.9 Å². The van der Waals surface area contributed by atoms with Crippen molar-refractivity contribution in [3.05, 3.63) is 58.9 Å². The average molecular weight is 382 g/mol. The van der Waals surface area contributed by atoms with Crippen LogP contribution in [-0.2, 0) is 19.5 Å². The van der Waals surface area contributed by atoms with Crippen LogP contribution in [0.2, 0.25) is 0 Å². The van der Waals surface area contributed by atoms with E-state index in [4.69, 9.17) is 4.98 Å². The molecule has 2 aromatic heterocycles. The number of hydrogen-bond acceptors (Lipinski definition) is 2. The second kappa shape index (κ2) is 7.20. The van der Waals surface area contributed by atoms with E-state index in [1.54, 1.807) is 0 Å². The van der Waals surface area contributed by atoms with E-state index in [9.17, 15) is 0 Å². The quantitative estimate of drug-likeness (QED) is 0.602. The first-order valence-electron chi connectivity index (χ1n) is 9.98. The highest BCUT2D eigenvalue weighted by molar-refractivity contribution is 5.93. The number of halogens is 1. The maximum atomic E-state index is 4.87. The van der Waals surface area contributed by atoms with E-state index in [0.717, 1.165) is 32.0 Å². The van der Waals surface area contributed by atoms with Crippen LogP contribution in [0.25, 0.3) is 10.9 Å². The number of benzene rings is 1. The fourth-order valence-corrected chi connectivity index (χ4v) is 4.65. The van der Waals surface area contributed by atoms with Gasteiger partial charge in [-0.3, -0.25) is 0 Å². The molecule has 1 aliphatic carbocycles. The Bertz CT molecular complexity index is 971. The van der Waals surface area contributed by atoms with Gasteiger partial charge in [-0.25, -0.2) is 4.98 Å². The zero-order valence-electron chi connectivity index (χ0n) is 16.2. The molecule has 3 nitrogen and oxygen atoms in total. The molecule has 0 saturated heterocycles. The summed E-state index contributed by atoms with van der Waals surface area (Å²) < 4.78 is 2.57. The summed E-state index contributed by atoms with van der Waals surface area (Å²) in [6.07, 6.45) is 7.26. The van der Waals surface area contributed by atoms with E-state index >= 15 is 0 Å². The van der Waals surface area contributed by atoms with Crippen molar-refractivity contribution in [2.75, 3.05) is 11.4 Å². The third-order valence-corrected chi connectivity index (χ3v) is 6.62. The number of fused-ring (bicyclic) bond motifs is 2. The molecule has 1 aliphatic heterocycles. The molecule has 1 aromatic carbocycles. The molecule has 0 unspecified atom stereocenters. The number of aryl methyl sites for hydroxylation is 1. The van der Waals surface area contributed by atoms with E-state index in [1.807, 2.05) is 6.20 Å². The second-order valence-electron chi connectivity index (χ2n) is 8.09. The Morgan fingerprint density at radius 2 is 1.85 bits per heavy atom. The van der Waals surface area contributed by atoms with Gasteiger partial charge in [0.25, 0.3) is 0 Å². The van der Waals surface area contributed by atoms with Gasteiger partial charge in [-0.1, -0.05) is 30.7 Å². The van der Waals surface area contributed by atoms with Crippen molar-refractivity contribution in [3.63, 3.8) is 0 Å². The van der Waals surface area contributed by atoms with Crippen molar-refractivity contribution >= 4 is 29.1 Å². The van der Waals surface area contributed by atoms with Crippen LogP contribution in [0.3, 0.4) is 0 Å². The minimum atomic E-state index is 0. The Labute approximate surface area is 167 Å². The lowest BCUT2D eigenvalue weighted by Crippen LogP contribution is -2.31. The fourth-order valence-electron chi connectivity index (χ4n) is 4.65. The van der Waals surface area contributed by atoms with Gasteiger partial charge in [-0.15, -0.1) is 12.4 Å². The van der Waals surface area contributed by atoms with Crippen molar-refractivity contribution in [2.24, 2.45) is 5.92 Å². The Morgan fingerprint density at radius 1 is 1.07 bits per heavy atom. The Morgan fingerprint density at radius 3 is 2.59 bits per heavy atom. The van der Waals surface area contributed by atoms with Crippen LogP contribution in [0.4, 0.5) is 5.82 Å². The summed E-state index contributed by atoms with van der Waals surface area (Å²) in [6, 6.07) is 11.1. The Hall–Kier alpha value is -2.00. The van der Waals surface area contributed by atoms with E-state index < -0.39 is 0 Å². The van der Waals surface area contributed by atoms with Crippen LogP contribution in [-0.4, -0.2) is 16.1 Å². The largest absolute Gasteiger partial charge is 0.350 e. The predicted octanol–water partition coefficient (Wildman–Crippen LogP) is 5.44. The zero-order valence-corrected chi connectivity index (χ0v) is 17.1. The van der Waals surface area contributed by atoms with Crippen LogP contribution in [0.5, 0.6) is 0 Å². The van der Waals surface area contributed by atoms with Crippen LogP contribution in [0.15, 0.2) is 36.5 Å². The van der Waals surface area contributed by atoms with Gasteiger partial charge in [0.05, 0.1) is 5.52 Å². The summed E-state index contributed by atoms with van der Waals surface area (Å²) in [4.78, 5) is 7.36. The average Bonchev–Trinajstić information content (AvgIpc) is 2.89. The summed E-state index contributed by atoms with van der Waals surface area (Å²) in [6.45, 7) is 7.72. The SMILES string of the molecule is Cc1c(C)n(CC2CCC2)c2c(N3CCc4ccccc4C3)nccc12.Cl. The number of pyridine rings is 1. The molecule has 3 aromatic rings. The lowest BCUT2D eigenvalue weighted by Gasteiger charge is -2.31. The third kappa shape index (κ3) is 3.02. The fraction of sp³-hybridized carbons (Fsp3) is 0.435. The van der Waals surface area contributed by atoms with E-state index in [1.165, 1.54) is 58.4 Å². The van der Waals surface area contributed by atoms with Crippen LogP contribution in [0.1, 0.15) is 41.6 Å². The molecule has 0 radical (unpaired) electrons. The van der Waals surface area contributed by atoms with Gasteiger partial charge in [0.15, 0.2) is 5.82 Å². The first-order valence-corrected chi connectivity index (χ1v) is 9.98. The molecule has 1 fully saturated rings. The number of rotatable bonds is 3. The summed E-state index contributed by atoms with van der Waals surface area (Å²) in [5.41, 5.74) is 7.13. The normalized spacial score (nSPS) is 16.7. The second-order valence-corrected chi connectivity index (χ2v) is 8.09. The molecule has 0 bridgehead atoms. The van der Waals surface area contributed by atoms with Gasteiger partial charge >= 0.3 is 0 Å². The van der Waals surface area contributed by atoms with Crippen molar-refractivity contribution < 1.29 is 0 Å². The first kappa shape index (κ1) is 18.4. The molecule has 0 amide bonds. The van der Waals surface area contributed by atoms with Crippen LogP contribution < -0.4 is 4.90 Å². The van der Waals surface area contributed by atoms with E-state index in [-0.39, 0.29) is 12.4 Å². The molecule has 0 N–H and O–H groups in total. The molecule has 2 aliphatic rings. The Kier molecular flexibility index (Phi) is 4.90. The summed E-state index contributed by atoms with van der Waals surface area (Å²) in [5, 5.41) is 1.38. The monoisotopic (exact) mass is 381 g/mol. The predicted molar refractivity (Wildman–Crippen MR) is 115 cm³/mol. The molecule has 0 spiro atoms. The molecule has 4 heteroatoms. The van der Waals surface area contributed by atoms with Crippen molar-refractivity contribution in [2.45, 2.75) is 52.6 Å². The van der Waals surface area contributed by atoms with E-state index in [2.05, 4.69) is 53.6 Å². The maximum absolute atomic E-state index is 4.87. The van der Waals surface area contributed by atoms with Crippen LogP contribution in [0, 0.1) is 19.8 Å². The van der Waals surface area contributed by atoms with E-state index in [0.29, 0.717) is 0 Å². The van der Waals surface area contributed by atoms with Crippen molar-refractivity contribution in [1.29, 1.82) is 0 Å². The Balaban J connectivity index is 0.00000180. The molecule has 3 heterocycles. The summed E-state index contributed by atoms with van der Waals surface area (Å²) in [7, 11) is 0. The number of hydrogen-bond donors (Lipinski definition) is 0. The lowest BCUT2D eigenvalue weighted by atomic mass is 9.85. The van der Waals surface area contributed by atoms with Gasteiger partial charge in [-0.05, 0) is 61.8 Å². The van der Waals surface area contributed by atoms with Crippen molar-refractivity contribution in [3.8, 4) is 0 Å². The molecular formula is C23H28ClN3. The molecule has 5 rings (SSSR count). The molecule has 1 saturated carbocycles. The number of anilines is 1. The lowest BCUT2D eigenvalue weighted by molar-refractivity contribution is 0.278.